The lowest BCUT2D eigenvalue weighted by atomic mass is 9.97. The van der Waals surface area contributed by atoms with E-state index in [1.807, 2.05) is 19.1 Å². The smallest absolute Gasteiger partial charge is 0.232 e. The second kappa shape index (κ2) is 5.25. The molecule has 0 spiro atoms. The predicted octanol–water partition coefficient (Wildman–Crippen LogP) is 3.55. The van der Waals surface area contributed by atoms with Crippen molar-refractivity contribution in [2.45, 2.75) is 43.8 Å². The fourth-order valence-corrected chi connectivity index (χ4v) is 2.46. The van der Waals surface area contributed by atoms with E-state index in [-0.39, 0.29) is 5.41 Å². The Labute approximate surface area is 117 Å². The minimum absolute atomic E-state index is 0.108. The monoisotopic (exact) mass is 277 g/mol. The van der Waals surface area contributed by atoms with Crippen LogP contribution in [-0.2, 0) is 11.2 Å². The van der Waals surface area contributed by atoms with E-state index in [0.29, 0.717) is 11.6 Å². The number of aromatic nitrogens is 2. The third-order valence-electron chi connectivity index (χ3n) is 2.79. The van der Waals surface area contributed by atoms with Gasteiger partial charge in [-0.2, -0.15) is 4.98 Å². The van der Waals surface area contributed by atoms with Crippen LogP contribution in [0.2, 0.25) is 0 Å². The molecule has 0 fully saturated rings. The molecule has 19 heavy (non-hydrogen) atoms. The molecule has 2 N–H and O–H groups in total. The van der Waals surface area contributed by atoms with Gasteiger partial charge in [0.1, 0.15) is 0 Å². The zero-order valence-electron chi connectivity index (χ0n) is 11.7. The van der Waals surface area contributed by atoms with Crippen LogP contribution in [0, 0.1) is 6.92 Å². The Hall–Kier alpha value is -1.49. The highest BCUT2D eigenvalue weighted by molar-refractivity contribution is 7.98. The van der Waals surface area contributed by atoms with Gasteiger partial charge in [-0.15, -0.1) is 11.8 Å². The molecular formula is C14H19N3OS. The molecule has 0 amide bonds. The Bertz CT molecular complexity index is 572. The van der Waals surface area contributed by atoms with Gasteiger partial charge in [-0.25, -0.2) is 0 Å². The Morgan fingerprint density at radius 1 is 1.32 bits per heavy atom. The zero-order valence-corrected chi connectivity index (χ0v) is 12.5. The average molecular weight is 277 g/mol. The standard InChI is InChI=1S/C14H19N3OS/c1-9-10(15)6-5-7-11(9)19-8-12-16-13(18-17-12)14(2,3)4/h5-7H,8,15H2,1-4H3. The van der Waals surface area contributed by atoms with E-state index >= 15 is 0 Å². The largest absolute Gasteiger partial charge is 0.398 e. The number of nitrogens with two attached hydrogens (primary N) is 1. The molecule has 0 aliphatic rings. The minimum Gasteiger partial charge on any atom is -0.398 e. The summed E-state index contributed by atoms with van der Waals surface area (Å²) in [4.78, 5) is 5.57. The molecule has 2 rings (SSSR count). The van der Waals surface area contributed by atoms with Crippen molar-refractivity contribution in [1.29, 1.82) is 0 Å². The molecule has 4 nitrogen and oxygen atoms in total. The van der Waals surface area contributed by atoms with Crippen molar-refractivity contribution in [3.63, 3.8) is 0 Å². The Balaban J connectivity index is 2.07. The molecule has 0 radical (unpaired) electrons. The SMILES string of the molecule is Cc1c(N)cccc1SCc1noc(C(C)(C)C)n1. The fraction of sp³-hybridized carbons (Fsp3) is 0.429. The molecule has 0 aliphatic heterocycles. The third-order valence-corrected chi connectivity index (χ3v) is 3.95. The van der Waals surface area contributed by atoms with E-state index in [9.17, 15) is 0 Å². The normalized spacial score (nSPS) is 11.8. The predicted molar refractivity (Wildman–Crippen MR) is 78.2 cm³/mol. The molecule has 1 aromatic heterocycles. The van der Waals surface area contributed by atoms with Crippen molar-refractivity contribution in [2.75, 3.05) is 5.73 Å². The molecule has 0 saturated heterocycles. The second-order valence-corrected chi connectivity index (χ2v) is 6.54. The van der Waals surface area contributed by atoms with Crippen molar-refractivity contribution in [1.82, 2.24) is 10.1 Å². The summed E-state index contributed by atoms with van der Waals surface area (Å²) in [7, 11) is 0. The lowest BCUT2D eigenvalue weighted by Crippen LogP contribution is -2.11. The second-order valence-electron chi connectivity index (χ2n) is 5.52. The van der Waals surface area contributed by atoms with Crippen LogP contribution < -0.4 is 5.73 Å². The lowest BCUT2D eigenvalue weighted by molar-refractivity contribution is 0.319. The number of thioether (sulfide) groups is 1. The highest BCUT2D eigenvalue weighted by Crippen LogP contribution is 2.29. The van der Waals surface area contributed by atoms with E-state index in [1.165, 1.54) is 0 Å². The zero-order chi connectivity index (χ0) is 14.0. The Morgan fingerprint density at radius 2 is 2.05 bits per heavy atom. The maximum Gasteiger partial charge on any atom is 0.232 e. The molecule has 102 valence electrons. The van der Waals surface area contributed by atoms with Gasteiger partial charge in [0.2, 0.25) is 5.89 Å². The summed E-state index contributed by atoms with van der Waals surface area (Å²) in [5.74, 6) is 2.08. The first-order valence-electron chi connectivity index (χ1n) is 6.19. The first-order valence-corrected chi connectivity index (χ1v) is 7.17. The summed E-state index contributed by atoms with van der Waals surface area (Å²) in [6.07, 6.45) is 0. The molecule has 2 aromatic rings. The van der Waals surface area contributed by atoms with E-state index in [1.54, 1.807) is 11.8 Å². The topological polar surface area (TPSA) is 64.9 Å². The number of hydrogen-bond donors (Lipinski definition) is 1. The summed E-state index contributed by atoms with van der Waals surface area (Å²) in [6, 6.07) is 5.92. The first-order chi connectivity index (χ1) is 8.88. The number of rotatable bonds is 3. The minimum atomic E-state index is -0.108. The fourth-order valence-electron chi connectivity index (χ4n) is 1.55. The molecule has 0 saturated carbocycles. The summed E-state index contributed by atoms with van der Waals surface area (Å²) in [5.41, 5.74) is 7.70. The number of anilines is 1. The lowest BCUT2D eigenvalue weighted by Gasteiger charge is -2.10. The molecule has 1 aromatic carbocycles. The summed E-state index contributed by atoms with van der Waals surface area (Å²) >= 11 is 1.67. The van der Waals surface area contributed by atoms with Gasteiger partial charge < -0.3 is 10.3 Å². The van der Waals surface area contributed by atoms with Crippen molar-refractivity contribution in [3.05, 3.63) is 35.5 Å². The number of hydrogen-bond acceptors (Lipinski definition) is 5. The summed E-state index contributed by atoms with van der Waals surface area (Å²) in [5, 5.41) is 4.01. The van der Waals surface area contributed by atoms with Crippen LogP contribution in [0.3, 0.4) is 0 Å². The van der Waals surface area contributed by atoms with E-state index in [4.69, 9.17) is 10.3 Å². The van der Waals surface area contributed by atoms with Crippen LogP contribution in [0.5, 0.6) is 0 Å². The van der Waals surface area contributed by atoms with Crippen molar-refractivity contribution in [2.24, 2.45) is 0 Å². The van der Waals surface area contributed by atoms with Crippen LogP contribution in [-0.4, -0.2) is 10.1 Å². The van der Waals surface area contributed by atoms with Crippen molar-refractivity contribution < 1.29 is 4.52 Å². The highest BCUT2D eigenvalue weighted by Gasteiger charge is 2.21. The van der Waals surface area contributed by atoms with Gasteiger partial charge in [-0.1, -0.05) is 32.0 Å². The maximum absolute atomic E-state index is 5.89. The maximum atomic E-state index is 5.89. The quantitative estimate of drug-likeness (QED) is 0.686. The molecular weight excluding hydrogens is 258 g/mol. The molecule has 0 bridgehead atoms. The summed E-state index contributed by atoms with van der Waals surface area (Å²) in [6.45, 7) is 8.19. The van der Waals surface area contributed by atoms with Crippen LogP contribution >= 0.6 is 11.8 Å². The van der Waals surface area contributed by atoms with Crippen molar-refractivity contribution >= 4 is 17.4 Å². The van der Waals surface area contributed by atoms with Gasteiger partial charge >= 0.3 is 0 Å². The third kappa shape index (κ3) is 3.29. The molecule has 0 unspecified atom stereocenters. The van der Waals surface area contributed by atoms with Gasteiger partial charge in [-0.05, 0) is 24.6 Å². The molecule has 5 heteroatoms. The van der Waals surface area contributed by atoms with Crippen LogP contribution in [0.1, 0.15) is 38.0 Å². The van der Waals surface area contributed by atoms with E-state index in [2.05, 4.69) is 37.0 Å². The molecule has 1 heterocycles. The summed E-state index contributed by atoms with van der Waals surface area (Å²) < 4.78 is 5.27. The number of benzene rings is 1. The van der Waals surface area contributed by atoms with Gasteiger partial charge in [-0.3, -0.25) is 0 Å². The highest BCUT2D eigenvalue weighted by atomic mass is 32.2. The molecule has 0 aliphatic carbocycles. The van der Waals surface area contributed by atoms with Gasteiger partial charge in [0.15, 0.2) is 5.82 Å². The van der Waals surface area contributed by atoms with E-state index < -0.39 is 0 Å². The van der Waals surface area contributed by atoms with E-state index in [0.717, 1.165) is 22.0 Å². The van der Waals surface area contributed by atoms with Gasteiger partial charge in [0.25, 0.3) is 0 Å². The first kappa shape index (κ1) is 13.9. The number of nitrogen functional groups attached to an aromatic ring is 1. The van der Waals surface area contributed by atoms with Gasteiger partial charge in [0, 0.05) is 16.0 Å². The van der Waals surface area contributed by atoms with Crippen molar-refractivity contribution in [3.8, 4) is 0 Å². The van der Waals surface area contributed by atoms with Crippen LogP contribution in [0.15, 0.2) is 27.6 Å². The average Bonchev–Trinajstić information content (AvgIpc) is 2.79. The van der Waals surface area contributed by atoms with Crippen LogP contribution in [0.4, 0.5) is 5.69 Å². The van der Waals surface area contributed by atoms with Gasteiger partial charge in [0.05, 0.1) is 5.75 Å². The Morgan fingerprint density at radius 3 is 2.68 bits per heavy atom. The number of nitrogens with zero attached hydrogens (tertiary/aromatic N) is 2. The van der Waals surface area contributed by atoms with Crippen LogP contribution in [0.25, 0.3) is 0 Å². The Kier molecular flexibility index (Phi) is 3.85. The molecule has 0 atom stereocenters.